The number of fused-ring (bicyclic) bond motifs is 5. The van der Waals surface area contributed by atoms with Crippen LogP contribution in [-0.2, 0) is 30.5 Å². The number of esters is 1. The van der Waals surface area contributed by atoms with Crippen LogP contribution in [0.1, 0.15) is 51.5 Å². The van der Waals surface area contributed by atoms with Gasteiger partial charge in [0, 0.05) is 36.7 Å². The molecule has 1 aromatic carbocycles. The van der Waals surface area contributed by atoms with Gasteiger partial charge >= 0.3 is 5.97 Å². The average molecular weight is 495 g/mol. The van der Waals surface area contributed by atoms with Crippen LogP contribution in [0.2, 0.25) is 0 Å². The molecule has 1 aromatic rings. The highest BCUT2D eigenvalue weighted by atomic mass is 16.5. The van der Waals surface area contributed by atoms with E-state index in [0.717, 1.165) is 16.9 Å². The van der Waals surface area contributed by atoms with Crippen LogP contribution in [0.25, 0.3) is 0 Å². The van der Waals surface area contributed by atoms with Crippen molar-refractivity contribution >= 4 is 17.5 Å². The molecule has 1 heterocycles. The Hall–Kier alpha value is -2.93. The molecule has 3 aliphatic carbocycles. The molecule has 4 aliphatic rings. The van der Waals surface area contributed by atoms with Crippen molar-refractivity contribution in [3.05, 3.63) is 52.8 Å². The molecule has 0 amide bonds. The first kappa shape index (κ1) is 24.8. The smallest absolute Gasteiger partial charge is 0.338 e. The van der Waals surface area contributed by atoms with Gasteiger partial charge in [-0.1, -0.05) is 24.6 Å². The van der Waals surface area contributed by atoms with Gasteiger partial charge in [0.1, 0.15) is 17.3 Å². The maximum atomic E-state index is 13.8. The molecule has 7 nitrogen and oxygen atoms in total. The molecule has 0 spiro atoms. The quantitative estimate of drug-likeness (QED) is 0.459. The van der Waals surface area contributed by atoms with Gasteiger partial charge in [0.05, 0.1) is 25.9 Å². The van der Waals surface area contributed by atoms with E-state index in [-0.39, 0.29) is 54.2 Å². The summed E-state index contributed by atoms with van der Waals surface area (Å²) in [6, 6.07) is 7.62. The van der Waals surface area contributed by atoms with Crippen LogP contribution in [0.4, 0.5) is 0 Å². The molecule has 0 unspecified atom stereocenters. The van der Waals surface area contributed by atoms with Crippen LogP contribution < -0.4 is 4.74 Å². The van der Waals surface area contributed by atoms with Crippen LogP contribution >= 0.6 is 0 Å². The van der Waals surface area contributed by atoms with Gasteiger partial charge in [0.25, 0.3) is 0 Å². The highest BCUT2D eigenvalue weighted by Gasteiger charge is 2.66. The zero-order chi connectivity index (χ0) is 25.7. The lowest BCUT2D eigenvalue weighted by atomic mass is 9.42. The number of methoxy groups -OCH3 is 1. The largest absolute Gasteiger partial charge is 0.512 e. The van der Waals surface area contributed by atoms with Gasteiger partial charge in [-0.3, -0.25) is 9.59 Å². The topological polar surface area (TPSA) is 99.1 Å². The summed E-state index contributed by atoms with van der Waals surface area (Å²) in [6.07, 6.45) is 3.64. The normalized spacial score (nSPS) is 33.8. The van der Waals surface area contributed by atoms with Gasteiger partial charge in [-0.05, 0) is 61.3 Å². The molecule has 1 aliphatic heterocycles. The molecule has 0 radical (unpaired) electrons. The molecular weight excluding hydrogens is 460 g/mol. The fourth-order valence-electron chi connectivity index (χ4n) is 7.55. The zero-order valence-corrected chi connectivity index (χ0v) is 21.2. The SMILES string of the molecule is COc1ccc(COCC[C@]23CCOC(=O)C2=C(O)C[C@@]2(C)[C@@H]4CC(C)=CC(=O)[C@H]4CC(=O)[C@H]32)cc1. The van der Waals surface area contributed by atoms with E-state index in [1.807, 2.05) is 38.1 Å². The van der Waals surface area contributed by atoms with Gasteiger partial charge in [-0.25, -0.2) is 4.79 Å². The third kappa shape index (κ3) is 3.88. The van der Waals surface area contributed by atoms with E-state index in [1.165, 1.54) is 0 Å². The van der Waals surface area contributed by atoms with E-state index < -0.39 is 22.7 Å². The van der Waals surface area contributed by atoms with Crippen molar-refractivity contribution in [3.8, 4) is 5.75 Å². The van der Waals surface area contributed by atoms with Crippen LogP contribution in [0.3, 0.4) is 0 Å². The monoisotopic (exact) mass is 494 g/mol. The fraction of sp³-hybridized carbons (Fsp3) is 0.552. The van der Waals surface area contributed by atoms with Gasteiger partial charge in [0.15, 0.2) is 5.78 Å². The summed E-state index contributed by atoms with van der Waals surface area (Å²) in [5.41, 5.74) is 0.733. The number of hydrogen-bond acceptors (Lipinski definition) is 7. The Labute approximate surface area is 211 Å². The van der Waals surface area contributed by atoms with E-state index in [0.29, 0.717) is 32.5 Å². The molecule has 2 fully saturated rings. The van der Waals surface area contributed by atoms with Crippen molar-refractivity contribution in [2.24, 2.45) is 28.6 Å². The van der Waals surface area contributed by atoms with Crippen LogP contribution in [0, 0.1) is 28.6 Å². The first-order valence-corrected chi connectivity index (χ1v) is 12.7. The van der Waals surface area contributed by atoms with Crippen molar-refractivity contribution < 1.29 is 33.7 Å². The Kier molecular flexibility index (Phi) is 6.31. The Morgan fingerprint density at radius 2 is 1.89 bits per heavy atom. The van der Waals surface area contributed by atoms with Crippen molar-refractivity contribution in [2.45, 2.75) is 52.6 Å². The van der Waals surface area contributed by atoms with Crippen LogP contribution in [0.15, 0.2) is 47.2 Å². The van der Waals surface area contributed by atoms with Gasteiger partial charge in [-0.2, -0.15) is 0 Å². The molecule has 1 saturated heterocycles. The molecule has 5 rings (SSSR count). The molecule has 36 heavy (non-hydrogen) atoms. The molecule has 1 saturated carbocycles. The summed E-state index contributed by atoms with van der Waals surface area (Å²) in [7, 11) is 1.62. The van der Waals surface area contributed by atoms with Crippen LogP contribution in [0.5, 0.6) is 5.75 Å². The van der Waals surface area contributed by atoms with E-state index in [1.54, 1.807) is 13.2 Å². The summed E-state index contributed by atoms with van der Waals surface area (Å²) < 4.78 is 16.6. The molecule has 192 valence electrons. The Bertz CT molecular complexity index is 1150. The Balaban J connectivity index is 1.46. The highest BCUT2D eigenvalue weighted by Crippen LogP contribution is 2.66. The number of benzene rings is 1. The van der Waals surface area contributed by atoms with E-state index in [2.05, 4.69) is 0 Å². The second-order valence-electron chi connectivity index (χ2n) is 11.1. The maximum absolute atomic E-state index is 13.8. The standard InChI is InChI=1S/C29H34O7/c1-17-12-21-20(22(30)13-17)14-23(31)26-28(21,2)15-24(32)25-27(33)36-11-9-29(25,26)8-10-35-16-18-4-6-19(34-3)7-5-18/h4-7,13,20-21,26,32H,8-12,14-16H2,1-3H3/t20-,21+,26-,28-,29-/m0/s1. The number of ketones is 2. The van der Waals surface area contributed by atoms with Gasteiger partial charge < -0.3 is 19.3 Å². The molecule has 1 N–H and O–H groups in total. The summed E-state index contributed by atoms with van der Waals surface area (Å²) in [6.45, 7) is 4.88. The molecule has 5 atom stereocenters. The minimum Gasteiger partial charge on any atom is -0.512 e. The molecular formula is C29H34O7. The first-order chi connectivity index (χ1) is 17.2. The Morgan fingerprint density at radius 3 is 2.61 bits per heavy atom. The first-order valence-electron chi connectivity index (χ1n) is 12.7. The molecule has 0 bridgehead atoms. The van der Waals surface area contributed by atoms with Crippen molar-refractivity contribution in [3.63, 3.8) is 0 Å². The second kappa shape index (κ2) is 9.18. The number of hydrogen-bond donors (Lipinski definition) is 1. The van der Waals surface area contributed by atoms with E-state index >= 15 is 0 Å². The van der Waals surface area contributed by atoms with Gasteiger partial charge in [-0.15, -0.1) is 0 Å². The third-order valence-corrected chi connectivity index (χ3v) is 9.02. The number of aliphatic hydroxyl groups is 1. The number of rotatable bonds is 6. The fourth-order valence-corrected chi connectivity index (χ4v) is 7.55. The van der Waals surface area contributed by atoms with Crippen molar-refractivity contribution in [1.29, 1.82) is 0 Å². The number of carbonyl (C=O) groups excluding carboxylic acids is 3. The second-order valence-corrected chi connectivity index (χ2v) is 11.1. The lowest BCUT2D eigenvalue weighted by Crippen LogP contribution is -2.61. The summed E-state index contributed by atoms with van der Waals surface area (Å²) >= 11 is 0. The van der Waals surface area contributed by atoms with E-state index in [9.17, 15) is 19.5 Å². The Morgan fingerprint density at radius 1 is 1.14 bits per heavy atom. The number of cyclic esters (lactones) is 1. The minimum absolute atomic E-state index is 0.00158. The summed E-state index contributed by atoms with van der Waals surface area (Å²) in [4.78, 5) is 39.7. The van der Waals surface area contributed by atoms with Gasteiger partial charge in [0.2, 0.25) is 0 Å². The third-order valence-electron chi connectivity index (χ3n) is 9.02. The maximum Gasteiger partial charge on any atom is 0.338 e. The van der Waals surface area contributed by atoms with Crippen molar-refractivity contribution in [1.82, 2.24) is 0 Å². The number of aliphatic hydroxyl groups excluding tert-OH is 1. The van der Waals surface area contributed by atoms with Crippen LogP contribution in [-0.4, -0.2) is 43.0 Å². The minimum atomic E-state index is -0.869. The summed E-state index contributed by atoms with van der Waals surface area (Å²) in [5, 5.41) is 11.3. The molecule has 7 heteroatoms. The average Bonchev–Trinajstić information content (AvgIpc) is 2.83. The lowest BCUT2D eigenvalue weighted by Gasteiger charge is -2.60. The lowest BCUT2D eigenvalue weighted by molar-refractivity contribution is -0.168. The zero-order valence-electron chi connectivity index (χ0n) is 21.2. The molecule has 0 aromatic heterocycles. The predicted molar refractivity (Wildman–Crippen MR) is 131 cm³/mol. The highest BCUT2D eigenvalue weighted by molar-refractivity contribution is 6.00. The number of Topliss-reactive ketones (excluding diaryl/α,β-unsaturated/α-hetero) is 1. The summed E-state index contributed by atoms with van der Waals surface area (Å²) in [5.74, 6) is -0.657. The van der Waals surface area contributed by atoms with E-state index in [4.69, 9.17) is 14.2 Å². The number of allylic oxidation sites excluding steroid dienone is 3. The predicted octanol–water partition coefficient (Wildman–Crippen LogP) is 4.50. The number of carbonyl (C=O) groups is 3. The van der Waals surface area contributed by atoms with Crippen molar-refractivity contribution in [2.75, 3.05) is 20.3 Å². The number of ether oxygens (including phenoxy) is 3.